The molecular weight excluding hydrogens is 575 g/mol. The summed E-state index contributed by atoms with van der Waals surface area (Å²) in [5, 5.41) is 0. The first kappa shape index (κ1) is 205. The van der Waals surface area contributed by atoms with E-state index in [2.05, 4.69) is 0 Å². The molecule has 0 N–H and O–H groups in total. The minimum absolute atomic E-state index is 0. The monoisotopic (exact) mass is 577 g/mol. The molecule has 0 amide bonds. The van der Waals surface area contributed by atoms with E-state index in [4.69, 9.17) is 0 Å². The second-order valence-electron chi connectivity index (χ2n) is 0. The predicted molar refractivity (Wildman–Crippen MR) is 3.43 cm³/mol. The second kappa shape index (κ2) is 164. The van der Waals surface area contributed by atoms with Gasteiger partial charge in [0.05, 0.1) is 0 Å². The smallest absolute Gasteiger partial charge is 2.00 e. The van der Waals surface area contributed by atoms with Crippen molar-refractivity contribution in [3.05, 3.63) is 0 Å². The van der Waals surface area contributed by atoms with E-state index in [9.17, 15) is 0 Å². The SMILES string of the molecule is [Mo].[Mo].[Nb+5].[Nb+5].[Ni].[Ni].[O-2].[O-2].[O-2].[O-2].[O-2]. The minimum atomic E-state index is 0. The second-order valence-corrected chi connectivity index (χ2v) is 0. The third kappa shape index (κ3) is 139. The first-order chi connectivity index (χ1) is 0. The van der Waals surface area contributed by atoms with E-state index >= 15 is 0 Å². The zero-order valence-corrected chi connectivity index (χ0v) is 14.8. The molecule has 0 fully saturated rings. The van der Waals surface area contributed by atoms with Crippen molar-refractivity contribution in [2.24, 2.45) is 0 Å². The molecule has 0 aromatic carbocycles. The van der Waals surface area contributed by atoms with Gasteiger partial charge < -0.3 is 27.4 Å². The third-order valence-corrected chi connectivity index (χ3v) is 0. The van der Waals surface area contributed by atoms with Gasteiger partial charge in [-0.1, -0.05) is 0 Å². The summed E-state index contributed by atoms with van der Waals surface area (Å²) >= 11 is 0. The van der Waals surface area contributed by atoms with Crippen molar-refractivity contribution >= 4 is 0 Å². The molecule has 0 saturated carbocycles. The molecule has 0 saturated heterocycles. The van der Waals surface area contributed by atoms with Gasteiger partial charge in [0.15, 0.2) is 0 Å². The van der Waals surface area contributed by atoms with Crippen LogP contribution >= 0.6 is 0 Å². The standard InChI is InChI=1S/2Mo.2Nb.2Ni.5O/q;;2*+5;;;5*-2. The molecule has 0 bridgehead atoms. The van der Waals surface area contributed by atoms with Crippen LogP contribution < -0.4 is 0 Å². The Morgan fingerprint density at radius 1 is 0.364 bits per heavy atom. The zero-order valence-electron chi connectivity index (χ0n) is 4.38. The summed E-state index contributed by atoms with van der Waals surface area (Å²) in [6.07, 6.45) is 0. The summed E-state index contributed by atoms with van der Waals surface area (Å²) in [6.45, 7) is 0. The molecule has 0 heterocycles. The van der Waals surface area contributed by atoms with Crippen molar-refractivity contribution in [1.82, 2.24) is 0 Å². The van der Waals surface area contributed by atoms with Gasteiger partial charge >= 0.3 is 44.8 Å². The summed E-state index contributed by atoms with van der Waals surface area (Å²) in [4.78, 5) is 0. The van der Waals surface area contributed by atoms with E-state index in [-0.39, 0.29) is 147 Å². The Bertz CT molecular complexity index is 20.4. The molecule has 0 aromatic rings. The topological polar surface area (TPSA) is 142 Å². The molecule has 0 aliphatic carbocycles. The maximum Gasteiger partial charge on any atom is 5.00 e. The molecular formula is Mo2Nb2Ni2O5. The molecule has 0 aliphatic rings. The molecule has 0 radical (unpaired) electrons. The van der Waals surface area contributed by atoms with Gasteiger partial charge in [0.2, 0.25) is 0 Å². The maximum absolute atomic E-state index is 0. The fraction of sp³-hybridized carbons (Fsp3) is 0. The van der Waals surface area contributed by atoms with Crippen molar-refractivity contribution in [3.8, 4) is 0 Å². The van der Waals surface area contributed by atoms with Gasteiger partial charge in [-0.3, -0.25) is 0 Å². The van der Waals surface area contributed by atoms with E-state index in [1.165, 1.54) is 0 Å². The van der Waals surface area contributed by atoms with Crippen molar-refractivity contribution in [2.75, 3.05) is 0 Å². The Morgan fingerprint density at radius 3 is 0.364 bits per heavy atom. The van der Waals surface area contributed by atoms with E-state index in [0.717, 1.165) is 0 Å². The van der Waals surface area contributed by atoms with Gasteiger partial charge in [0.25, 0.3) is 0 Å². The molecule has 0 spiro atoms. The first-order valence-corrected chi connectivity index (χ1v) is 0. The van der Waals surface area contributed by atoms with Crippen LogP contribution in [0.5, 0.6) is 0 Å². The summed E-state index contributed by atoms with van der Waals surface area (Å²) < 4.78 is 0. The average molecular weight is 575 g/mol. The minimum Gasteiger partial charge on any atom is -2.00 e. The van der Waals surface area contributed by atoms with Crippen LogP contribution in [-0.4, -0.2) is 0 Å². The number of hydrogen-bond donors (Lipinski definition) is 0. The van der Waals surface area contributed by atoms with Gasteiger partial charge in [-0.15, -0.1) is 0 Å². The van der Waals surface area contributed by atoms with Crippen LogP contribution in [0.4, 0.5) is 0 Å². The molecule has 5 nitrogen and oxygen atoms in total. The Balaban J connectivity index is 0. The molecule has 72 valence electrons. The van der Waals surface area contributed by atoms with Crippen LogP contribution in [-0.2, 0) is 147 Å². The molecule has 11 heavy (non-hydrogen) atoms. The van der Waals surface area contributed by atoms with E-state index < -0.39 is 0 Å². The van der Waals surface area contributed by atoms with Crippen LogP contribution in [0.15, 0.2) is 0 Å². The Morgan fingerprint density at radius 2 is 0.364 bits per heavy atom. The first-order valence-electron chi connectivity index (χ1n) is 0. The van der Waals surface area contributed by atoms with Crippen molar-refractivity contribution in [3.63, 3.8) is 0 Å². The molecule has 11 heteroatoms. The molecule has 0 aliphatic heterocycles. The summed E-state index contributed by atoms with van der Waals surface area (Å²) in [5.41, 5.74) is 0. The van der Waals surface area contributed by atoms with Crippen molar-refractivity contribution in [2.45, 2.75) is 0 Å². The van der Waals surface area contributed by atoms with Gasteiger partial charge in [-0.25, -0.2) is 0 Å². The predicted octanol–water partition coefficient (Wildman–Crippen LogP) is -0.609. The van der Waals surface area contributed by atoms with Crippen LogP contribution in [0, 0.1) is 0 Å². The average Bonchev–Trinajstić information content (AvgIpc) is 0. The van der Waals surface area contributed by atoms with Crippen molar-refractivity contribution in [1.29, 1.82) is 0 Å². The number of hydrogen-bond acceptors (Lipinski definition) is 0. The van der Waals surface area contributed by atoms with Crippen LogP contribution in [0.1, 0.15) is 0 Å². The van der Waals surface area contributed by atoms with E-state index in [1.807, 2.05) is 0 Å². The fourth-order valence-corrected chi connectivity index (χ4v) is 0. The third-order valence-electron chi connectivity index (χ3n) is 0. The van der Waals surface area contributed by atoms with E-state index in [0.29, 0.717) is 0 Å². The molecule has 0 aromatic heterocycles. The van der Waals surface area contributed by atoms with Gasteiger partial charge in [-0.2, -0.15) is 0 Å². The van der Waals surface area contributed by atoms with Gasteiger partial charge in [0, 0.05) is 75.1 Å². The Hall–Kier alpha value is 3.64. The normalized spacial score (nSPS) is 0. The molecule has 0 rings (SSSR count). The Labute approximate surface area is 145 Å². The van der Waals surface area contributed by atoms with Crippen LogP contribution in [0.2, 0.25) is 0 Å². The van der Waals surface area contributed by atoms with Gasteiger partial charge in [0.1, 0.15) is 0 Å². The summed E-state index contributed by atoms with van der Waals surface area (Å²) in [6, 6.07) is 0. The van der Waals surface area contributed by atoms with Crippen LogP contribution in [0.3, 0.4) is 0 Å². The largest absolute Gasteiger partial charge is 5.00 e. The van der Waals surface area contributed by atoms with Crippen LogP contribution in [0.25, 0.3) is 0 Å². The number of rotatable bonds is 0. The fourth-order valence-electron chi connectivity index (χ4n) is 0. The zero-order chi connectivity index (χ0) is 0. The summed E-state index contributed by atoms with van der Waals surface area (Å²) in [7, 11) is 0. The summed E-state index contributed by atoms with van der Waals surface area (Å²) in [5.74, 6) is 0. The van der Waals surface area contributed by atoms with Gasteiger partial charge in [-0.05, 0) is 0 Å². The Kier molecular flexibility index (Phi) is 3070. The van der Waals surface area contributed by atoms with E-state index in [1.54, 1.807) is 0 Å². The molecule has 0 unspecified atom stereocenters. The van der Waals surface area contributed by atoms with Crippen molar-refractivity contribution < 1.29 is 147 Å². The quantitative estimate of drug-likeness (QED) is 0.340. The molecule has 0 atom stereocenters. The maximum atomic E-state index is 0.